The summed E-state index contributed by atoms with van der Waals surface area (Å²) in [6, 6.07) is 16.7. The van der Waals surface area contributed by atoms with Crippen LogP contribution in [-0.4, -0.2) is 91.2 Å². The lowest BCUT2D eigenvalue weighted by Crippen LogP contribution is -2.52. The number of nitrogens with one attached hydrogen (secondary N) is 2. The summed E-state index contributed by atoms with van der Waals surface area (Å²) in [5.41, 5.74) is 7.19. The Bertz CT molecular complexity index is 2470. The molecule has 0 radical (unpaired) electrons. The topological polar surface area (TPSA) is 169 Å². The van der Waals surface area contributed by atoms with Crippen molar-refractivity contribution in [2.45, 2.75) is 77.0 Å². The Labute approximate surface area is 335 Å². The summed E-state index contributed by atoms with van der Waals surface area (Å²) in [4.78, 5) is 80.8. The molecule has 9 rings (SSSR count). The quantitative estimate of drug-likeness (QED) is 0.161. The van der Waals surface area contributed by atoms with Gasteiger partial charge in [-0.15, -0.1) is 0 Å². The molecule has 2 fully saturated rings. The van der Waals surface area contributed by atoms with Gasteiger partial charge in [0.25, 0.3) is 11.8 Å². The zero-order chi connectivity index (χ0) is 39.9. The summed E-state index contributed by atoms with van der Waals surface area (Å²) in [5, 5.41) is 7.27. The SMILES string of the molecule is CC(=O)N1CCn2c(C3CCOCC3)nc(-c3cccc4cc(-c5ccc(C(=O)NCCCc6cccc7c6CN(C6CCC(=O)NC6=O)C7=O)nc5)ncc34)c2C1. The monoisotopic (exact) mass is 780 g/mol. The van der Waals surface area contributed by atoms with Gasteiger partial charge in [0.15, 0.2) is 0 Å². The van der Waals surface area contributed by atoms with Crippen molar-refractivity contribution in [1.29, 1.82) is 0 Å². The summed E-state index contributed by atoms with van der Waals surface area (Å²) in [7, 11) is 0. The fraction of sp³-hybridized carbons (Fsp3) is 0.364. The molecule has 2 N–H and O–H groups in total. The standard InChI is InChI=1S/C44H44N8O6/c1-26(53)50-17-18-51-38(25-50)40(49-41(51)28-14-19-58-20-15-28)31-8-3-6-29-21-36(47-23-33(29)31)30-10-11-35(46-22-30)42(55)45-16-4-7-27-5-2-9-32-34(27)24-52(44(32)57)37-12-13-39(54)48-43(37)56/h2-3,5-6,8-11,21-23,28,37H,4,7,12-20,24-25H2,1H3,(H,45,55)(H,48,54,56). The van der Waals surface area contributed by atoms with Gasteiger partial charge < -0.3 is 24.4 Å². The van der Waals surface area contributed by atoms with Crippen molar-refractivity contribution in [3.63, 3.8) is 0 Å². The molecule has 0 spiro atoms. The highest BCUT2D eigenvalue weighted by molar-refractivity contribution is 6.05. The van der Waals surface area contributed by atoms with Crippen LogP contribution in [0.3, 0.4) is 0 Å². The Hall–Kier alpha value is -6.28. The van der Waals surface area contributed by atoms with Crippen LogP contribution in [0.5, 0.6) is 0 Å². The Morgan fingerprint density at radius 3 is 2.55 bits per heavy atom. The molecule has 3 aromatic heterocycles. The molecule has 296 valence electrons. The highest BCUT2D eigenvalue weighted by Gasteiger charge is 2.40. The van der Waals surface area contributed by atoms with Crippen molar-refractivity contribution >= 4 is 40.3 Å². The van der Waals surface area contributed by atoms with Crippen molar-refractivity contribution in [2.75, 3.05) is 26.3 Å². The second kappa shape index (κ2) is 15.6. The molecule has 4 aliphatic heterocycles. The van der Waals surface area contributed by atoms with Crippen LogP contribution in [0.4, 0.5) is 0 Å². The molecule has 14 nitrogen and oxygen atoms in total. The molecule has 0 aliphatic carbocycles. The second-order valence-electron chi connectivity index (χ2n) is 15.5. The van der Waals surface area contributed by atoms with Gasteiger partial charge in [-0.1, -0.05) is 30.3 Å². The predicted octanol–water partition coefficient (Wildman–Crippen LogP) is 4.54. The van der Waals surface area contributed by atoms with E-state index in [-0.39, 0.29) is 30.0 Å². The molecule has 1 unspecified atom stereocenters. The summed E-state index contributed by atoms with van der Waals surface area (Å²) in [5.74, 6) is 0.212. The first-order valence-corrected chi connectivity index (χ1v) is 20.0. The molecule has 5 aromatic rings. The molecular weight excluding hydrogens is 737 g/mol. The molecule has 0 bridgehead atoms. The van der Waals surface area contributed by atoms with Crippen LogP contribution in [0.2, 0.25) is 0 Å². The Balaban J connectivity index is 0.859. The maximum atomic E-state index is 13.2. The van der Waals surface area contributed by atoms with Crippen LogP contribution >= 0.6 is 0 Å². The number of ether oxygens (including phenoxy) is 1. The van der Waals surface area contributed by atoms with E-state index in [0.717, 1.165) is 88.5 Å². The number of carbonyl (C=O) groups excluding carboxylic acids is 5. The van der Waals surface area contributed by atoms with Crippen LogP contribution < -0.4 is 10.6 Å². The molecule has 14 heteroatoms. The van der Waals surface area contributed by atoms with Crippen LogP contribution in [-0.2, 0) is 45.2 Å². The highest BCUT2D eigenvalue weighted by atomic mass is 16.5. The van der Waals surface area contributed by atoms with Crippen molar-refractivity contribution in [3.8, 4) is 22.5 Å². The van der Waals surface area contributed by atoms with E-state index < -0.39 is 11.9 Å². The average Bonchev–Trinajstić information content (AvgIpc) is 3.80. The first kappa shape index (κ1) is 37.3. The maximum absolute atomic E-state index is 13.2. The molecule has 5 amide bonds. The molecule has 2 saturated heterocycles. The summed E-state index contributed by atoms with van der Waals surface area (Å²) >= 11 is 0. The molecule has 1 atom stereocenters. The number of aryl methyl sites for hydroxylation is 1. The van der Waals surface area contributed by atoms with Gasteiger partial charge in [-0.25, -0.2) is 4.98 Å². The van der Waals surface area contributed by atoms with Crippen molar-refractivity contribution in [2.24, 2.45) is 0 Å². The van der Waals surface area contributed by atoms with Gasteiger partial charge in [-0.3, -0.25) is 39.3 Å². The van der Waals surface area contributed by atoms with Gasteiger partial charge in [0.1, 0.15) is 17.6 Å². The first-order valence-electron chi connectivity index (χ1n) is 20.0. The lowest BCUT2D eigenvalue weighted by molar-refractivity contribution is -0.137. The number of imide groups is 1. The minimum Gasteiger partial charge on any atom is -0.381 e. The van der Waals surface area contributed by atoms with E-state index in [1.165, 1.54) is 0 Å². The van der Waals surface area contributed by atoms with Crippen molar-refractivity contribution in [1.82, 2.24) is 40.0 Å². The lowest BCUT2D eigenvalue weighted by atomic mass is 9.99. The van der Waals surface area contributed by atoms with Gasteiger partial charge in [0.05, 0.1) is 23.6 Å². The molecule has 7 heterocycles. The number of rotatable bonds is 9. The van der Waals surface area contributed by atoms with Gasteiger partial charge in [0, 0.05) is 93.1 Å². The van der Waals surface area contributed by atoms with Gasteiger partial charge in [0.2, 0.25) is 17.7 Å². The van der Waals surface area contributed by atoms with Gasteiger partial charge in [-0.2, -0.15) is 0 Å². The summed E-state index contributed by atoms with van der Waals surface area (Å²) in [6.45, 7) is 5.69. The zero-order valence-electron chi connectivity index (χ0n) is 32.3. The summed E-state index contributed by atoms with van der Waals surface area (Å²) in [6.07, 6.45) is 7.19. The largest absolute Gasteiger partial charge is 0.381 e. The third kappa shape index (κ3) is 7.01. The van der Waals surface area contributed by atoms with Gasteiger partial charge >= 0.3 is 0 Å². The third-order valence-electron chi connectivity index (χ3n) is 12.0. The number of benzene rings is 2. The van der Waals surface area contributed by atoms with Crippen LogP contribution in [0.25, 0.3) is 33.3 Å². The minimum atomic E-state index is -0.662. The normalized spacial score (nSPS) is 18.3. The third-order valence-corrected chi connectivity index (χ3v) is 12.0. The van der Waals surface area contributed by atoms with E-state index in [1.807, 2.05) is 41.4 Å². The van der Waals surface area contributed by atoms with E-state index in [0.29, 0.717) is 62.6 Å². The number of hydrogen-bond acceptors (Lipinski definition) is 9. The number of aromatic nitrogens is 4. The van der Waals surface area contributed by atoms with Crippen LogP contribution in [0.1, 0.15) is 88.4 Å². The Kier molecular flexibility index (Phi) is 10.0. The Morgan fingerprint density at radius 2 is 1.76 bits per heavy atom. The fourth-order valence-electron chi connectivity index (χ4n) is 8.82. The van der Waals surface area contributed by atoms with E-state index in [1.54, 1.807) is 30.2 Å². The average molecular weight is 781 g/mol. The van der Waals surface area contributed by atoms with E-state index in [4.69, 9.17) is 14.7 Å². The minimum absolute atomic E-state index is 0.0562. The zero-order valence-corrected chi connectivity index (χ0v) is 32.3. The fourth-order valence-corrected chi connectivity index (χ4v) is 8.82. The number of fused-ring (bicyclic) bond motifs is 3. The van der Waals surface area contributed by atoms with E-state index >= 15 is 0 Å². The number of pyridine rings is 2. The molecule has 0 saturated carbocycles. The number of nitrogens with zero attached hydrogens (tertiary/aromatic N) is 6. The smallest absolute Gasteiger partial charge is 0.269 e. The molecule has 4 aliphatic rings. The molecule has 58 heavy (non-hydrogen) atoms. The van der Waals surface area contributed by atoms with E-state index in [2.05, 4.69) is 32.3 Å². The van der Waals surface area contributed by atoms with Crippen LogP contribution in [0.15, 0.2) is 67.0 Å². The highest BCUT2D eigenvalue weighted by Crippen LogP contribution is 2.38. The summed E-state index contributed by atoms with van der Waals surface area (Å²) < 4.78 is 7.98. The maximum Gasteiger partial charge on any atom is 0.269 e. The van der Waals surface area contributed by atoms with Crippen LogP contribution in [0, 0.1) is 0 Å². The number of hydrogen-bond donors (Lipinski definition) is 2. The van der Waals surface area contributed by atoms with Crippen molar-refractivity contribution in [3.05, 3.63) is 101 Å². The van der Waals surface area contributed by atoms with Crippen molar-refractivity contribution < 1.29 is 28.7 Å². The first-order chi connectivity index (χ1) is 28.2. The van der Waals surface area contributed by atoms with Gasteiger partial charge in [-0.05, 0) is 72.9 Å². The number of piperidine rings is 1. The molecular formula is C44H44N8O6. The lowest BCUT2D eigenvalue weighted by Gasteiger charge is -2.30. The van der Waals surface area contributed by atoms with E-state index in [9.17, 15) is 24.0 Å². The number of imidazole rings is 1. The Morgan fingerprint density at radius 1 is 0.931 bits per heavy atom. The number of carbonyl (C=O) groups is 5. The second-order valence-corrected chi connectivity index (χ2v) is 15.5. The number of amides is 5. The molecule has 2 aromatic carbocycles. The predicted molar refractivity (Wildman–Crippen MR) is 213 cm³/mol.